The highest BCUT2D eigenvalue weighted by molar-refractivity contribution is 8.33. The van der Waals surface area contributed by atoms with Gasteiger partial charge in [-0.15, -0.1) is 0 Å². The molecule has 0 bridgehead atoms. The molecule has 1 N–H and O–H groups in total. The van der Waals surface area contributed by atoms with Gasteiger partial charge in [-0.2, -0.15) is 0 Å². The third kappa shape index (κ3) is 4.05. The van der Waals surface area contributed by atoms with Crippen molar-refractivity contribution in [2.45, 2.75) is 0 Å². The molecule has 4 nitrogen and oxygen atoms in total. The van der Waals surface area contributed by atoms with Gasteiger partial charge in [-0.3, -0.25) is 4.79 Å². The molecule has 0 aromatic carbocycles. The predicted octanol–water partition coefficient (Wildman–Crippen LogP) is 0.734. The summed E-state index contributed by atoms with van der Waals surface area (Å²) in [5.74, 6) is -1.32. The van der Waals surface area contributed by atoms with Crippen LogP contribution >= 0.6 is 24.0 Å². The molecule has 0 amide bonds. The molecule has 0 rings (SSSR count). The number of carboxylic acids is 1. The Morgan fingerprint density at radius 3 is 2.23 bits per heavy atom. The Kier molecular flexibility index (Phi) is 4.64. The molecule has 0 saturated carbocycles. The summed E-state index contributed by atoms with van der Waals surface area (Å²) in [6.07, 6.45) is 0. The Labute approximate surface area is 85.6 Å². The van der Waals surface area contributed by atoms with E-state index in [-0.39, 0.29) is 0 Å². The number of thiocarbonyl (C=S) groups is 1. The van der Waals surface area contributed by atoms with Crippen LogP contribution < -0.4 is 0 Å². The first-order chi connectivity index (χ1) is 5.86. The summed E-state index contributed by atoms with van der Waals surface area (Å²) < 4.78 is 0.312. The molecule has 0 fully saturated rings. The van der Waals surface area contributed by atoms with Gasteiger partial charge in [0, 0.05) is 14.1 Å². The highest BCUT2D eigenvalue weighted by Gasteiger charge is 2.17. The highest BCUT2D eigenvalue weighted by Crippen LogP contribution is 2.13. The van der Waals surface area contributed by atoms with Crippen LogP contribution in [0.2, 0.25) is 0 Å². The van der Waals surface area contributed by atoms with Crippen molar-refractivity contribution in [3.05, 3.63) is 12.2 Å². The molecule has 0 unspecified atom stereocenters. The van der Waals surface area contributed by atoms with Gasteiger partial charge in [0.05, 0.1) is 0 Å². The van der Waals surface area contributed by atoms with Gasteiger partial charge >= 0.3 is 5.97 Å². The molecule has 0 aliphatic rings. The van der Waals surface area contributed by atoms with Crippen molar-refractivity contribution in [1.29, 1.82) is 0 Å². The zero-order valence-corrected chi connectivity index (χ0v) is 8.87. The Bertz CT molecular complexity index is 273. The molecule has 0 spiro atoms. The number of nitrogens with zero attached hydrogens (tertiary/aromatic N) is 1. The van der Waals surface area contributed by atoms with Crippen LogP contribution in [0.4, 0.5) is 0 Å². The second-order valence-electron chi connectivity index (χ2n) is 2.33. The first-order valence-corrected chi connectivity index (χ1v) is 4.44. The lowest BCUT2D eigenvalue weighted by molar-refractivity contribution is -0.133. The van der Waals surface area contributed by atoms with E-state index in [1.807, 2.05) is 0 Å². The molecular formula is C7H9NO3S2. The average Bonchev–Trinajstić information content (AvgIpc) is 2.02. The lowest BCUT2D eigenvalue weighted by Crippen LogP contribution is -2.19. The number of carboxylic acid groups (broad SMARTS) is 1. The van der Waals surface area contributed by atoms with Crippen molar-refractivity contribution in [3.63, 3.8) is 0 Å². The fourth-order valence-electron chi connectivity index (χ4n) is 0.319. The minimum absolute atomic E-state index is 0.312. The maximum Gasteiger partial charge on any atom is 0.339 e. The summed E-state index contributed by atoms with van der Waals surface area (Å²) in [5, 5.41) is 7.78. The number of carbonyl (C=O) groups is 2. The molecule has 0 aromatic rings. The molecule has 6 heteroatoms. The number of hydrogen-bond donors (Lipinski definition) is 1. The van der Waals surface area contributed by atoms with Gasteiger partial charge < -0.3 is 10.0 Å². The minimum atomic E-state index is -1.32. The van der Waals surface area contributed by atoms with E-state index in [4.69, 9.17) is 17.3 Å². The summed E-state index contributed by atoms with van der Waals surface area (Å²) in [7, 11) is 3.35. The van der Waals surface area contributed by atoms with Crippen LogP contribution in [0, 0.1) is 0 Å². The Hall–Kier alpha value is -0.880. The first kappa shape index (κ1) is 12.1. The Morgan fingerprint density at radius 1 is 1.46 bits per heavy atom. The monoisotopic (exact) mass is 219 g/mol. The quantitative estimate of drug-likeness (QED) is 0.320. The van der Waals surface area contributed by atoms with Gasteiger partial charge in [-0.1, -0.05) is 18.8 Å². The van der Waals surface area contributed by atoms with Crippen molar-refractivity contribution in [2.75, 3.05) is 14.1 Å². The van der Waals surface area contributed by atoms with Crippen LogP contribution in [-0.2, 0) is 9.59 Å². The van der Waals surface area contributed by atoms with Gasteiger partial charge in [0.1, 0.15) is 9.89 Å². The molecule has 0 heterocycles. The van der Waals surface area contributed by atoms with Crippen molar-refractivity contribution < 1.29 is 14.7 Å². The fourth-order valence-corrected chi connectivity index (χ4v) is 1.10. The molecule has 0 radical (unpaired) electrons. The van der Waals surface area contributed by atoms with Crippen LogP contribution in [0.3, 0.4) is 0 Å². The van der Waals surface area contributed by atoms with Crippen molar-refractivity contribution in [2.24, 2.45) is 0 Å². The summed E-state index contributed by atoms with van der Waals surface area (Å²) in [5.41, 5.74) is -0.464. The number of hydrogen-bond acceptors (Lipinski definition) is 4. The van der Waals surface area contributed by atoms with Crippen molar-refractivity contribution in [3.8, 4) is 0 Å². The van der Waals surface area contributed by atoms with E-state index in [2.05, 4.69) is 6.58 Å². The van der Waals surface area contributed by atoms with Gasteiger partial charge in [0.15, 0.2) is 0 Å². The SMILES string of the molecule is C=C(C(=O)O)C(=O)SC(=S)N(C)C. The number of aliphatic carboxylic acids is 1. The molecule has 72 valence electrons. The summed E-state index contributed by atoms with van der Waals surface area (Å²) >= 11 is 5.48. The minimum Gasteiger partial charge on any atom is -0.478 e. The van der Waals surface area contributed by atoms with Crippen LogP contribution in [0.5, 0.6) is 0 Å². The molecular weight excluding hydrogens is 210 g/mol. The number of rotatable bonds is 2. The Morgan fingerprint density at radius 2 is 1.92 bits per heavy atom. The third-order valence-electron chi connectivity index (χ3n) is 1.05. The molecule has 0 aliphatic carbocycles. The van der Waals surface area contributed by atoms with E-state index in [1.54, 1.807) is 19.0 Å². The summed E-state index contributed by atoms with van der Waals surface area (Å²) in [4.78, 5) is 22.9. The van der Waals surface area contributed by atoms with E-state index in [1.165, 1.54) is 0 Å². The molecule has 0 aromatic heterocycles. The van der Waals surface area contributed by atoms with Gasteiger partial charge in [-0.25, -0.2) is 4.79 Å². The molecule has 0 aliphatic heterocycles. The fraction of sp³-hybridized carbons (Fsp3) is 0.286. The van der Waals surface area contributed by atoms with Crippen molar-refractivity contribution in [1.82, 2.24) is 4.90 Å². The maximum absolute atomic E-state index is 11.1. The first-order valence-electron chi connectivity index (χ1n) is 3.22. The topological polar surface area (TPSA) is 57.6 Å². The molecule has 0 saturated heterocycles. The second-order valence-corrected chi connectivity index (χ2v) is 3.94. The van der Waals surface area contributed by atoms with E-state index < -0.39 is 16.7 Å². The smallest absolute Gasteiger partial charge is 0.339 e. The summed E-state index contributed by atoms with van der Waals surface area (Å²) in [6.45, 7) is 3.12. The zero-order valence-electron chi connectivity index (χ0n) is 7.23. The second kappa shape index (κ2) is 4.98. The lowest BCUT2D eigenvalue weighted by atomic mass is 10.3. The predicted molar refractivity (Wildman–Crippen MR) is 55.7 cm³/mol. The molecule has 0 atom stereocenters. The third-order valence-corrected chi connectivity index (χ3v) is 2.64. The van der Waals surface area contributed by atoms with Gasteiger partial charge in [0.25, 0.3) is 0 Å². The van der Waals surface area contributed by atoms with Crippen LogP contribution in [0.25, 0.3) is 0 Å². The number of thioether (sulfide) groups is 1. The van der Waals surface area contributed by atoms with Gasteiger partial charge in [0.2, 0.25) is 5.12 Å². The summed E-state index contributed by atoms with van der Waals surface area (Å²) in [6, 6.07) is 0. The Balaban J connectivity index is 4.25. The molecule has 13 heavy (non-hydrogen) atoms. The van der Waals surface area contributed by atoms with Crippen LogP contribution in [0.1, 0.15) is 0 Å². The zero-order chi connectivity index (χ0) is 10.6. The van der Waals surface area contributed by atoms with E-state index >= 15 is 0 Å². The van der Waals surface area contributed by atoms with Gasteiger partial charge in [-0.05, 0) is 11.8 Å². The van der Waals surface area contributed by atoms with Crippen molar-refractivity contribution >= 4 is 39.4 Å². The maximum atomic E-state index is 11.1. The van der Waals surface area contributed by atoms with Crippen LogP contribution in [0.15, 0.2) is 12.2 Å². The lowest BCUT2D eigenvalue weighted by Gasteiger charge is -2.11. The standard InChI is InChI=1S/C7H9NO3S2/c1-4(5(9)10)6(11)13-7(12)8(2)3/h1H2,2-3H3,(H,9,10). The van der Waals surface area contributed by atoms with E-state index in [0.717, 1.165) is 0 Å². The number of carbonyl (C=O) groups excluding carboxylic acids is 1. The normalized spacial score (nSPS) is 9.08. The van der Waals surface area contributed by atoms with E-state index in [9.17, 15) is 9.59 Å². The van der Waals surface area contributed by atoms with Crippen LogP contribution in [-0.4, -0.2) is 39.5 Å². The highest BCUT2D eigenvalue weighted by atomic mass is 32.2. The largest absolute Gasteiger partial charge is 0.478 e. The average molecular weight is 219 g/mol. The van der Waals surface area contributed by atoms with E-state index in [0.29, 0.717) is 16.1 Å².